The van der Waals surface area contributed by atoms with Crippen molar-refractivity contribution in [2.75, 3.05) is 5.73 Å². The Morgan fingerprint density at radius 1 is 1.25 bits per heavy atom. The van der Waals surface area contributed by atoms with Gasteiger partial charge in [0, 0.05) is 12.1 Å². The molecule has 104 valence electrons. The molecule has 0 spiro atoms. The van der Waals surface area contributed by atoms with Crippen molar-refractivity contribution in [3.63, 3.8) is 0 Å². The highest BCUT2D eigenvalue weighted by Gasteiger charge is 2.13. The van der Waals surface area contributed by atoms with Gasteiger partial charge in [0.25, 0.3) is 5.69 Å². The Bertz CT molecular complexity index is 686. The van der Waals surface area contributed by atoms with E-state index in [9.17, 15) is 10.1 Å². The molecule has 7 nitrogen and oxygen atoms in total. The summed E-state index contributed by atoms with van der Waals surface area (Å²) in [5, 5.41) is 10.7. The van der Waals surface area contributed by atoms with E-state index in [1.165, 1.54) is 12.1 Å². The van der Waals surface area contributed by atoms with Crippen LogP contribution in [0.2, 0.25) is 0 Å². The number of nitro benzene ring substituents is 1. The molecule has 0 saturated heterocycles. The molecule has 20 heavy (non-hydrogen) atoms. The molecule has 2 N–H and O–H groups in total. The molecule has 0 aliphatic rings. The number of rotatable bonds is 3. The zero-order valence-corrected chi connectivity index (χ0v) is 11.4. The van der Waals surface area contributed by atoms with Crippen molar-refractivity contribution in [1.82, 2.24) is 9.97 Å². The number of nitrogens with two attached hydrogens (primary N) is 1. The Morgan fingerprint density at radius 3 is 2.55 bits per heavy atom. The van der Waals surface area contributed by atoms with E-state index in [1.807, 2.05) is 0 Å². The van der Waals surface area contributed by atoms with Crippen LogP contribution in [0.4, 0.5) is 11.5 Å². The zero-order chi connectivity index (χ0) is 14.9. The van der Waals surface area contributed by atoms with Gasteiger partial charge in [0.2, 0.25) is 5.88 Å². The van der Waals surface area contributed by atoms with Crippen molar-refractivity contribution in [1.29, 1.82) is 0 Å². The highest BCUT2D eigenvalue weighted by molar-refractivity contribution is 5.48. The fourth-order valence-electron chi connectivity index (χ4n) is 1.69. The lowest BCUT2D eigenvalue weighted by Gasteiger charge is -2.11. The number of ether oxygens (including phenoxy) is 1. The van der Waals surface area contributed by atoms with Gasteiger partial charge in [-0.05, 0) is 32.4 Å². The molecular formula is C13H14N4O3. The molecule has 0 radical (unpaired) electrons. The maximum atomic E-state index is 10.7. The lowest BCUT2D eigenvalue weighted by atomic mass is 10.2. The number of anilines is 1. The number of hydrogen-bond acceptors (Lipinski definition) is 6. The standard InChI is InChI=1S/C13H14N4O3/c1-7-6-10(17(18)19)4-5-11(7)20-13-8(2)12(14)15-9(3)16-13/h4-6H,1-3H3,(H2,14,15,16). The second kappa shape index (κ2) is 5.12. The van der Waals surface area contributed by atoms with Gasteiger partial charge in [-0.25, -0.2) is 4.98 Å². The van der Waals surface area contributed by atoms with Crippen LogP contribution in [0.1, 0.15) is 17.0 Å². The Kier molecular flexibility index (Phi) is 3.51. The first-order valence-corrected chi connectivity index (χ1v) is 5.92. The van der Waals surface area contributed by atoms with E-state index in [-0.39, 0.29) is 5.69 Å². The largest absolute Gasteiger partial charge is 0.438 e. The van der Waals surface area contributed by atoms with Crippen molar-refractivity contribution < 1.29 is 9.66 Å². The average molecular weight is 274 g/mol. The number of aryl methyl sites for hydroxylation is 2. The number of hydrogen-bond donors (Lipinski definition) is 1. The second-order valence-electron chi connectivity index (χ2n) is 4.40. The van der Waals surface area contributed by atoms with E-state index >= 15 is 0 Å². The van der Waals surface area contributed by atoms with Gasteiger partial charge in [-0.3, -0.25) is 10.1 Å². The highest BCUT2D eigenvalue weighted by atomic mass is 16.6. The van der Waals surface area contributed by atoms with Crippen LogP contribution in [0.5, 0.6) is 11.6 Å². The maximum Gasteiger partial charge on any atom is 0.269 e. The number of aromatic nitrogens is 2. The quantitative estimate of drug-likeness (QED) is 0.681. The summed E-state index contributed by atoms with van der Waals surface area (Å²) in [6.45, 7) is 5.20. The van der Waals surface area contributed by atoms with Gasteiger partial charge in [0.1, 0.15) is 17.4 Å². The van der Waals surface area contributed by atoms with Gasteiger partial charge in [-0.1, -0.05) is 0 Å². The van der Waals surface area contributed by atoms with Crippen LogP contribution >= 0.6 is 0 Å². The van der Waals surface area contributed by atoms with E-state index in [2.05, 4.69) is 9.97 Å². The summed E-state index contributed by atoms with van der Waals surface area (Å²) < 4.78 is 5.68. The van der Waals surface area contributed by atoms with Crippen molar-refractivity contribution in [3.05, 3.63) is 45.3 Å². The van der Waals surface area contributed by atoms with Crippen LogP contribution in [0, 0.1) is 30.9 Å². The second-order valence-corrected chi connectivity index (χ2v) is 4.40. The first-order chi connectivity index (χ1) is 9.38. The molecule has 0 unspecified atom stereocenters. The number of non-ortho nitro benzene ring substituents is 1. The third kappa shape index (κ3) is 2.66. The number of nitrogen functional groups attached to an aromatic ring is 1. The molecule has 0 saturated carbocycles. The molecule has 1 heterocycles. The summed E-state index contributed by atoms with van der Waals surface area (Å²) in [5.41, 5.74) is 7.05. The molecule has 0 bridgehead atoms. The SMILES string of the molecule is Cc1nc(N)c(C)c(Oc2ccc([N+](=O)[O-])cc2C)n1. The van der Waals surface area contributed by atoms with Crippen LogP contribution in [0.15, 0.2) is 18.2 Å². The van der Waals surface area contributed by atoms with Crippen LogP contribution in [-0.2, 0) is 0 Å². The van der Waals surface area contributed by atoms with Gasteiger partial charge in [-0.2, -0.15) is 4.98 Å². The molecular weight excluding hydrogens is 260 g/mol. The summed E-state index contributed by atoms with van der Waals surface area (Å²) in [7, 11) is 0. The third-order valence-corrected chi connectivity index (χ3v) is 2.83. The maximum absolute atomic E-state index is 10.7. The van der Waals surface area contributed by atoms with Crippen LogP contribution in [0.25, 0.3) is 0 Å². The molecule has 0 aliphatic heterocycles. The minimum atomic E-state index is -0.450. The van der Waals surface area contributed by atoms with Gasteiger partial charge in [-0.15, -0.1) is 0 Å². The van der Waals surface area contributed by atoms with Crippen LogP contribution in [0.3, 0.4) is 0 Å². The van der Waals surface area contributed by atoms with Crippen LogP contribution < -0.4 is 10.5 Å². The Morgan fingerprint density at radius 2 is 1.95 bits per heavy atom. The van der Waals surface area contributed by atoms with Gasteiger partial charge >= 0.3 is 0 Å². The summed E-state index contributed by atoms with van der Waals surface area (Å²) in [4.78, 5) is 18.5. The van der Waals surface area contributed by atoms with Crippen LogP contribution in [-0.4, -0.2) is 14.9 Å². The van der Waals surface area contributed by atoms with E-state index < -0.39 is 4.92 Å². The summed E-state index contributed by atoms with van der Waals surface area (Å²) in [5.74, 6) is 1.71. The smallest absolute Gasteiger partial charge is 0.269 e. The van der Waals surface area contributed by atoms with Crippen molar-refractivity contribution in [2.45, 2.75) is 20.8 Å². The van der Waals surface area contributed by atoms with Crippen molar-refractivity contribution in [2.24, 2.45) is 0 Å². The molecule has 0 atom stereocenters. The monoisotopic (exact) mass is 274 g/mol. The Labute approximate surface area is 115 Å². The molecule has 0 fully saturated rings. The van der Waals surface area contributed by atoms with E-state index in [4.69, 9.17) is 10.5 Å². The zero-order valence-electron chi connectivity index (χ0n) is 11.4. The van der Waals surface area contributed by atoms with E-state index in [0.717, 1.165) is 0 Å². The number of nitro groups is 1. The topological polar surface area (TPSA) is 104 Å². The molecule has 0 amide bonds. The molecule has 7 heteroatoms. The minimum Gasteiger partial charge on any atom is -0.438 e. The molecule has 0 aliphatic carbocycles. The van der Waals surface area contributed by atoms with Crippen molar-refractivity contribution in [3.8, 4) is 11.6 Å². The lowest BCUT2D eigenvalue weighted by molar-refractivity contribution is -0.384. The molecule has 1 aromatic carbocycles. The molecule has 1 aromatic heterocycles. The first kappa shape index (κ1) is 13.7. The number of nitrogens with zero attached hydrogens (tertiary/aromatic N) is 3. The van der Waals surface area contributed by atoms with E-state index in [1.54, 1.807) is 26.8 Å². The fourth-order valence-corrected chi connectivity index (χ4v) is 1.69. The van der Waals surface area contributed by atoms with Gasteiger partial charge in [0.05, 0.1) is 10.5 Å². The Balaban J connectivity index is 2.38. The third-order valence-electron chi connectivity index (χ3n) is 2.83. The molecule has 2 rings (SSSR count). The highest BCUT2D eigenvalue weighted by Crippen LogP contribution is 2.30. The Hall–Kier alpha value is -2.70. The minimum absolute atomic E-state index is 0.0185. The summed E-state index contributed by atoms with van der Waals surface area (Å²) in [6, 6.07) is 4.37. The average Bonchev–Trinajstić information content (AvgIpc) is 2.37. The molecule has 2 aromatic rings. The summed E-state index contributed by atoms with van der Waals surface area (Å²) in [6.07, 6.45) is 0. The number of benzene rings is 1. The lowest BCUT2D eigenvalue weighted by Crippen LogP contribution is -2.03. The first-order valence-electron chi connectivity index (χ1n) is 5.92. The summed E-state index contributed by atoms with van der Waals surface area (Å²) >= 11 is 0. The van der Waals surface area contributed by atoms with E-state index in [0.29, 0.717) is 34.4 Å². The predicted molar refractivity (Wildman–Crippen MR) is 73.8 cm³/mol. The van der Waals surface area contributed by atoms with Gasteiger partial charge in [0.15, 0.2) is 0 Å². The fraction of sp³-hybridized carbons (Fsp3) is 0.231. The van der Waals surface area contributed by atoms with Gasteiger partial charge < -0.3 is 10.5 Å². The normalized spacial score (nSPS) is 10.3. The predicted octanol–water partition coefficient (Wildman–Crippen LogP) is 2.68. The van der Waals surface area contributed by atoms with Crippen molar-refractivity contribution >= 4 is 11.5 Å².